The Morgan fingerprint density at radius 2 is 0.941 bits per heavy atom. The topological polar surface area (TPSA) is 21.3 Å². The van der Waals surface area contributed by atoms with E-state index >= 15 is 0 Å². The van der Waals surface area contributed by atoms with Crippen LogP contribution in [0, 0.1) is 0 Å². The van der Waals surface area contributed by atoms with Crippen LogP contribution in [0.25, 0.3) is 71.7 Å². The van der Waals surface area contributed by atoms with Crippen molar-refractivity contribution in [2.45, 2.75) is 0 Å². The maximum absolute atomic E-state index is 6.56. The van der Waals surface area contributed by atoms with Gasteiger partial charge in [0, 0.05) is 38.9 Å². The van der Waals surface area contributed by atoms with Gasteiger partial charge in [0.2, 0.25) is 0 Å². The van der Waals surface area contributed by atoms with Crippen LogP contribution in [0.4, 0.5) is 17.1 Å². The van der Waals surface area contributed by atoms with Crippen LogP contribution in [0.15, 0.2) is 199 Å². The van der Waals surface area contributed by atoms with Crippen molar-refractivity contribution in [2.24, 2.45) is 0 Å². The van der Waals surface area contributed by atoms with E-state index in [0.29, 0.717) is 0 Å². The Hall–Kier alpha value is -6.84. The predicted octanol–water partition coefficient (Wildman–Crippen LogP) is 13.5. The summed E-state index contributed by atoms with van der Waals surface area (Å²) in [4.78, 5) is 2.35. The lowest BCUT2D eigenvalue weighted by molar-refractivity contribution is 0.673. The van der Waals surface area contributed by atoms with Crippen LogP contribution in [-0.2, 0) is 0 Å². The molecule has 3 heteroatoms. The lowest BCUT2D eigenvalue weighted by Crippen LogP contribution is -2.10. The SMILES string of the molecule is c1ccc(-c2ccc(N(c3ccc(-c4ccccc4)cc3)c3cccc(-n4c5ccccc5c5c6oc7ccccc7c6ccc54)c3)cc2)cc1. The minimum Gasteiger partial charge on any atom is -0.455 e. The second-order valence-electron chi connectivity index (χ2n) is 13.0. The maximum Gasteiger partial charge on any atom is 0.145 e. The zero-order chi connectivity index (χ0) is 33.7. The normalized spacial score (nSPS) is 11.5. The average molecular weight is 653 g/mol. The fourth-order valence-electron chi connectivity index (χ4n) is 7.60. The molecule has 240 valence electrons. The number of fused-ring (bicyclic) bond motifs is 7. The van der Waals surface area contributed by atoms with Crippen LogP contribution in [-0.4, -0.2) is 4.57 Å². The van der Waals surface area contributed by atoms with E-state index in [1.165, 1.54) is 27.6 Å². The van der Waals surface area contributed by atoms with Crippen molar-refractivity contribution < 1.29 is 4.42 Å². The minimum absolute atomic E-state index is 0.908. The van der Waals surface area contributed by atoms with Crippen LogP contribution < -0.4 is 4.90 Å². The van der Waals surface area contributed by atoms with Crippen molar-refractivity contribution in [2.75, 3.05) is 4.90 Å². The van der Waals surface area contributed by atoms with Crippen molar-refractivity contribution >= 4 is 60.8 Å². The average Bonchev–Trinajstić information content (AvgIpc) is 3.75. The second-order valence-corrected chi connectivity index (χ2v) is 13.0. The quantitative estimate of drug-likeness (QED) is 0.178. The van der Waals surface area contributed by atoms with E-state index < -0.39 is 0 Å². The first kappa shape index (κ1) is 29.1. The molecule has 0 unspecified atom stereocenters. The van der Waals surface area contributed by atoms with Gasteiger partial charge in [-0.3, -0.25) is 0 Å². The van der Waals surface area contributed by atoms with E-state index in [0.717, 1.165) is 61.1 Å². The second kappa shape index (κ2) is 11.9. The third kappa shape index (κ3) is 4.90. The molecule has 0 aliphatic heterocycles. The number of aromatic nitrogens is 1. The highest BCUT2D eigenvalue weighted by Crippen LogP contribution is 2.42. The summed E-state index contributed by atoms with van der Waals surface area (Å²) in [5.41, 5.74) is 13.2. The maximum atomic E-state index is 6.56. The van der Waals surface area contributed by atoms with Crippen LogP contribution in [0.1, 0.15) is 0 Å². The number of para-hydroxylation sites is 2. The van der Waals surface area contributed by atoms with Gasteiger partial charge >= 0.3 is 0 Å². The Morgan fingerprint density at radius 1 is 0.373 bits per heavy atom. The molecule has 0 fully saturated rings. The summed E-state index contributed by atoms with van der Waals surface area (Å²) >= 11 is 0. The van der Waals surface area contributed by atoms with Gasteiger partial charge in [0.1, 0.15) is 11.2 Å². The predicted molar refractivity (Wildman–Crippen MR) is 214 cm³/mol. The molecule has 0 aliphatic rings. The van der Waals surface area contributed by atoms with Gasteiger partial charge in [0.15, 0.2) is 0 Å². The fourth-order valence-corrected chi connectivity index (χ4v) is 7.60. The van der Waals surface area contributed by atoms with Gasteiger partial charge in [-0.25, -0.2) is 0 Å². The van der Waals surface area contributed by atoms with Gasteiger partial charge < -0.3 is 13.9 Å². The number of benzene rings is 8. The summed E-state index contributed by atoms with van der Waals surface area (Å²) in [5.74, 6) is 0. The Labute approximate surface area is 295 Å². The van der Waals surface area contributed by atoms with Crippen molar-refractivity contribution in [3.8, 4) is 27.9 Å². The van der Waals surface area contributed by atoms with Crippen LogP contribution in [0.2, 0.25) is 0 Å². The summed E-state index contributed by atoms with van der Waals surface area (Å²) < 4.78 is 8.93. The molecule has 0 radical (unpaired) electrons. The van der Waals surface area contributed by atoms with Gasteiger partial charge in [-0.2, -0.15) is 0 Å². The number of anilines is 3. The van der Waals surface area contributed by atoms with E-state index in [1.54, 1.807) is 0 Å². The summed E-state index contributed by atoms with van der Waals surface area (Å²) in [6.07, 6.45) is 0. The standard InChI is InChI=1S/C48H32N2O/c1-3-12-33(13-4-1)35-22-26-37(27-23-35)49(38-28-24-36(25-29-38)34-14-5-2-6-15-34)39-16-11-17-40(32-39)50-44-20-9-7-19-43(44)47-45(50)31-30-42-41-18-8-10-21-46(41)51-48(42)47/h1-32H. The summed E-state index contributed by atoms with van der Waals surface area (Å²) in [6.45, 7) is 0. The third-order valence-electron chi connectivity index (χ3n) is 9.99. The third-order valence-corrected chi connectivity index (χ3v) is 9.99. The van der Waals surface area contributed by atoms with Gasteiger partial charge in [0.05, 0.1) is 16.4 Å². The number of rotatable bonds is 6. The van der Waals surface area contributed by atoms with Gasteiger partial charge in [-0.15, -0.1) is 0 Å². The van der Waals surface area contributed by atoms with Gasteiger partial charge in [-0.1, -0.05) is 127 Å². The molecule has 51 heavy (non-hydrogen) atoms. The highest BCUT2D eigenvalue weighted by Gasteiger charge is 2.20. The molecule has 0 N–H and O–H groups in total. The van der Waals surface area contributed by atoms with Crippen molar-refractivity contribution in [1.29, 1.82) is 0 Å². The molecule has 0 saturated carbocycles. The molecule has 10 aromatic rings. The monoisotopic (exact) mass is 652 g/mol. The number of nitrogens with zero attached hydrogens (tertiary/aromatic N) is 2. The Balaban J connectivity index is 1.15. The molecule has 0 amide bonds. The first-order valence-electron chi connectivity index (χ1n) is 17.4. The summed E-state index contributed by atoms with van der Waals surface area (Å²) in [5, 5.41) is 4.58. The van der Waals surface area contributed by atoms with Crippen molar-refractivity contribution in [3.63, 3.8) is 0 Å². The fraction of sp³-hybridized carbons (Fsp3) is 0. The lowest BCUT2D eigenvalue weighted by atomic mass is 10.0. The lowest BCUT2D eigenvalue weighted by Gasteiger charge is -2.26. The van der Waals surface area contributed by atoms with Crippen LogP contribution in [0.5, 0.6) is 0 Å². The molecule has 0 aliphatic carbocycles. The molecule has 0 spiro atoms. The molecule has 0 saturated heterocycles. The highest BCUT2D eigenvalue weighted by atomic mass is 16.3. The Kier molecular flexibility index (Phi) is 6.81. The van der Waals surface area contributed by atoms with E-state index in [4.69, 9.17) is 4.42 Å². The zero-order valence-corrected chi connectivity index (χ0v) is 27.8. The number of hydrogen-bond donors (Lipinski definition) is 0. The van der Waals surface area contributed by atoms with Crippen LogP contribution in [0.3, 0.4) is 0 Å². The molecule has 0 atom stereocenters. The van der Waals surface area contributed by atoms with E-state index in [9.17, 15) is 0 Å². The molecule has 2 heterocycles. The van der Waals surface area contributed by atoms with E-state index in [1.807, 2.05) is 6.07 Å². The number of hydrogen-bond acceptors (Lipinski definition) is 2. The minimum atomic E-state index is 0.908. The van der Waals surface area contributed by atoms with E-state index in [-0.39, 0.29) is 0 Å². The Morgan fingerprint density at radius 3 is 1.61 bits per heavy atom. The highest BCUT2D eigenvalue weighted by molar-refractivity contribution is 6.23. The van der Waals surface area contributed by atoms with Crippen molar-refractivity contribution in [3.05, 3.63) is 194 Å². The molecule has 2 aromatic heterocycles. The number of furan rings is 1. The molecular formula is C48H32N2O. The van der Waals surface area contributed by atoms with Crippen molar-refractivity contribution in [1.82, 2.24) is 4.57 Å². The summed E-state index contributed by atoms with van der Waals surface area (Å²) in [7, 11) is 0. The molecule has 10 rings (SSSR count). The Bertz CT molecular complexity index is 2750. The van der Waals surface area contributed by atoms with Gasteiger partial charge in [-0.05, 0) is 89.0 Å². The zero-order valence-electron chi connectivity index (χ0n) is 27.8. The van der Waals surface area contributed by atoms with E-state index in [2.05, 4.69) is 198 Å². The largest absolute Gasteiger partial charge is 0.455 e. The molecule has 3 nitrogen and oxygen atoms in total. The first-order valence-corrected chi connectivity index (χ1v) is 17.4. The van der Waals surface area contributed by atoms with Crippen LogP contribution >= 0.6 is 0 Å². The first-order chi connectivity index (χ1) is 25.3. The molecule has 8 aromatic carbocycles. The molecule has 0 bridgehead atoms. The summed E-state index contributed by atoms with van der Waals surface area (Å²) in [6, 6.07) is 69.1. The smallest absolute Gasteiger partial charge is 0.145 e. The molecular weight excluding hydrogens is 621 g/mol. The van der Waals surface area contributed by atoms with Gasteiger partial charge in [0.25, 0.3) is 0 Å².